The van der Waals surface area contributed by atoms with Gasteiger partial charge < -0.3 is 9.64 Å². The molecule has 4 nitrogen and oxygen atoms in total. The fraction of sp³-hybridized carbons (Fsp3) is 0.407. The van der Waals surface area contributed by atoms with Crippen molar-refractivity contribution in [1.29, 1.82) is 0 Å². The van der Waals surface area contributed by atoms with Gasteiger partial charge in [0.2, 0.25) is 5.91 Å². The van der Waals surface area contributed by atoms with Crippen molar-refractivity contribution in [2.45, 2.75) is 58.0 Å². The topological polar surface area (TPSA) is 46.6 Å². The van der Waals surface area contributed by atoms with Gasteiger partial charge in [-0.2, -0.15) is 0 Å². The normalized spacial score (nSPS) is 23.8. The fourth-order valence-corrected chi connectivity index (χ4v) is 5.27. The number of carbonyl (C=O) groups is 2. The van der Waals surface area contributed by atoms with Crippen LogP contribution >= 0.6 is 23.2 Å². The molecular formula is C27H31Cl2NO3. The van der Waals surface area contributed by atoms with Crippen molar-refractivity contribution in [3.05, 3.63) is 82.4 Å². The minimum atomic E-state index is -0.711. The Hall–Kier alpha value is -2.30. The summed E-state index contributed by atoms with van der Waals surface area (Å²) in [5.41, 5.74) is 1.23. The second kappa shape index (κ2) is 10.8. The Morgan fingerprint density at radius 1 is 1.18 bits per heavy atom. The maximum atomic E-state index is 14.1. The summed E-state index contributed by atoms with van der Waals surface area (Å²) in [5.74, 6) is -0.545. The molecule has 1 fully saturated rings. The first-order valence-electron chi connectivity index (χ1n) is 11.4. The predicted octanol–water partition coefficient (Wildman–Crippen LogP) is 6.97. The molecule has 6 heteroatoms. The van der Waals surface area contributed by atoms with E-state index in [2.05, 4.69) is 6.58 Å². The van der Waals surface area contributed by atoms with Crippen molar-refractivity contribution in [3.63, 3.8) is 0 Å². The van der Waals surface area contributed by atoms with Gasteiger partial charge in [0, 0.05) is 16.0 Å². The molecule has 1 amide bonds. The van der Waals surface area contributed by atoms with Crippen LogP contribution in [-0.4, -0.2) is 29.4 Å². The summed E-state index contributed by atoms with van der Waals surface area (Å²) in [6.07, 6.45) is 3.33. The third kappa shape index (κ3) is 5.28. The van der Waals surface area contributed by atoms with E-state index < -0.39 is 11.5 Å². The van der Waals surface area contributed by atoms with E-state index in [-0.39, 0.29) is 30.4 Å². The summed E-state index contributed by atoms with van der Waals surface area (Å²) in [6.45, 7) is 9.78. The zero-order valence-corrected chi connectivity index (χ0v) is 20.9. The smallest absolute Gasteiger partial charge is 0.328 e. The summed E-state index contributed by atoms with van der Waals surface area (Å²) >= 11 is 12.5. The molecule has 1 saturated heterocycles. The second-order valence-electron chi connectivity index (χ2n) is 8.80. The first-order chi connectivity index (χ1) is 15.8. The van der Waals surface area contributed by atoms with Crippen molar-refractivity contribution >= 4 is 35.1 Å². The van der Waals surface area contributed by atoms with Crippen LogP contribution < -0.4 is 0 Å². The molecule has 2 aromatic carbocycles. The molecule has 2 aromatic rings. The van der Waals surface area contributed by atoms with Gasteiger partial charge in [-0.3, -0.25) is 4.79 Å². The number of benzene rings is 2. The highest BCUT2D eigenvalue weighted by Gasteiger charge is 2.52. The Morgan fingerprint density at radius 3 is 2.45 bits per heavy atom. The number of hydrogen-bond acceptors (Lipinski definition) is 3. The minimum Gasteiger partial charge on any atom is -0.464 e. The third-order valence-electron chi connectivity index (χ3n) is 6.47. The quantitative estimate of drug-likeness (QED) is 0.298. The summed E-state index contributed by atoms with van der Waals surface area (Å²) < 4.78 is 5.39. The van der Waals surface area contributed by atoms with Crippen LogP contribution in [0.5, 0.6) is 0 Å². The fourth-order valence-electron chi connectivity index (χ4n) is 4.95. The Kier molecular flexibility index (Phi) is 8.25. The molecule has 0 bridgehead atoms. The lowest BCUT2D eigenvalue weighted by Crippen LogP contribution is -2.57. The van der Waals surface area contributed by atoms with Gasteiger partial charge in [-0.15, -0.1) is 6.58 Å². The number of allylic oxidation sites excluding steroid dienone is 1. The lowest BCUT2D eigenvalue weighted by atomic mass is 9.67. The molecule has 176 valence electrons. The standard InChI is InChI=1S/C27H31Cl2NO3/c1-5-15-27(4)17-22(19-9-8-10-21(29)16-19)24(18-11-13-20(28)14-12-18)30(26(27)32)23(6-2)25(31)33-7-3/h5,8-14,16,22-24H,1,6-7,15,17H2,2-4H3/t22-,23+,24?,27+/m1/s1. The summed E-state index contributed by atoms with van der Waals surface area (Å²) in [6, 6.07) is 14.2. The number of hydrogen-bond donors (Lipinski definition) is 0. The highest BCUT2D eigenvalue weighted by atomic mass is 35.5. The van der Waals surface area contributed by atoms with Gasteiger partial charge in [0.25, 0.3) is 0 Å². The van der Waals surface area contributed by atoms with Crippen LogP contribution in [0.15, 0.2) is 61.2 Å². The highest BCUT2D eigenvalue weighted by Crippen LogP contribution is 2.52. The Morgan fingerprint density at radius 2 is 1.88 bits per heavy atom. The maximum absolute atomic E-state index is 14.1. The van der Waals surface area contributed by atoms with Gasteiger partial charge in [-0.1, -0.05) is 67.4 Å². The number of likely N-dealkylation sites (tertiary alicyclic amines) is 1. The number of ether oxygens (including phenoxy) is 1. The van der Waals surface area contributed by atoms with Crippen molar-refractivity contribution in [3.8, 4) is 0 Å². The third-order valence-corrected chi connectivity index (χ3v) is 6.95. The Labute approximate surface area is 206 Å². The van der Waals surface area contributed by atoms with Crippen LogP contribution in [0, 0.1) is 5.41 Å². The SMILES string of the molecule is C=CC[C@@]1(C)C[C@H](c2cccc(Cl)c2)C(c2ccc(Cl)cc2)N([C@@H](CC)C(=O)OCC)C1=O. The van der Waals surface area contributed by atoms with Gasteiger partial charge in [-0.25, -0.2) is 4.79 Å². The van der Waals surface area contributed by atoms with Crippen LogP contribution in [0.2, 0.25) is 10.0 Å². The zero-order chi connectivity index (χ0) is 24.2. The molecule has 1 unspecified atom stereocenters. The van der Waals surface area contributed by atoms with Gasteiger partial charge in [0.1, 0.15) is 6.04 Å². The van der Waals surface area contributed by atoms with E-state index in [1.54, 1.807) is 17.9 Å². The lowest BCUT2D eigenvalue weighted by molar-refractivity contribution is -0.166. The van der Waals surface area contributed by atoms with E-state index >= 15 is 0 Å². The van der Waals surface area contributed by atoms with E-state index in [0.717, 1.165) is 11.1 Å². The molecule has 3 rings (SSSR count). The van der Waals surface area contributed by atoms with E-state index in [1.807, 2.05) is 62.4 Å². The number of amides is 1. The predicted molar refractivity (Wildman–Crippen MR) is 133 cm³/mol. The van der Waals surface area contributed by atoms with Gasteiger partial charge in [0.15, 0.2) is 0 Å². The van der Waals surface area contributed by atoms with Gasteiger partial charge in [-0.05, 0) is 61.6 Å². The summed E-state index contributed by atoms with van der Waals surface area (Å²) in [7, 11) is 0. The first-order valence-corrected chi connectivity index (χ1v) is 12.1. The number of nitrogens with zero attached hydrogens (tertiary/aromatic N) is 1. The molecule has 1 aliphatic rings. The molecule has 4 atom stereocenters. The van der Waals surface area contributed by atoms with Crippen LogP contribution in [0.25, 0.3) is 0 Å². The van der Waals surface area contributed by atoms with E-state index in [0.29, 0.717) is 29.3 Å². The van der Waals surface area contributed by atoms with Crippen LogP contribution in [0.4, 0.5) is 0 Å². The molecule has 1 aliphatic heterocycles. The largest absolute Gasteiger partial charge is 0.464 e. The number of carbonyl (C=O) groups excluding carboxylic acids is 2. The number of piperidine rings is 1. The Balaban J connectivity index is 2.24. The molecule has 0 aliphatic carbocycles. The van der Waals surface area contributed by atoms with Crippen LogP contribution in [-0.2, 0) is 14.3 Å². The summed E-state index contributed by atoms with van der Waals surface area (Å²) in [4.78, 5) is 28.8. The van der Waals surface area contributed by atoms with Crippen molar-refractivity contribution < 1.29 is 14.3 Å². The van der Waals surface area contributed by atoms with Crippen molar-refractivity contribution in [1.82, 2.24) is 4.90 Å². The van der Waals surface area contributed by atoms with E-state index in [4.69, 9.17) is 27.9 Å². The molecule has 0 spiro atoms. The summed E-state index contributed by atoms with van der Waals surface area (Å²) in [5, 5.41) is 1.24. The average Bonchev–Trinajstić information content (AvgIpc) is 2.78. The van der Waals surface area contributed by atoms with Crippen molar-refractivity contribution in [2.24, 2.45) is 5.41 Å². The maximum Gasteiger partial charge on any atom is 0.328 e. The number of rotatable bonds is 8. The van der Waals surface area contributed by atoms with Gasteiger partial charge >= 0.3 is 5.97 Å². The van der Waals surface area contributed by atoms with E-state index in [9.17, 15) is 9.59 Å². The van der Waals surface area contributed by atoms with Crippen LogP contribution in [0.3, 0.4) is 0 Å². The average molecular weight is 488 g/mol. The van der Waals surface area contributed by atoms with Crippen LogP contribution in [0.1, 0.15) is 63.1 Å². The molecule has 0 aromatic heterocycles. The zero-order valence-electron chi connectivity index (χ0n) is 19.4. The van der Waals surface area contributed by atoms with Gasteiger partial charge in [0.05, 0.1) is 18.1 Å². The lowest BCUT2D eigenvalue weighted by Gasteiger charge is -2.51. The van der Waals surface area contributed by atoms with E-state index in [1.165, 1.54) is 0 Å². The van der Waals surface area contributed by atoms with Crippen molar-refractivity contribution in [2.75, 3.05) is 6.61 Å². The molecule has 0 radical (unpaired) electrons. The number of halogens is 2. The monoisotopic (exact) mass is 487 g/mol. The highest BCUT2D eigenvalue weighted by molar-refractivity contribution is 6.30. The molecule has 0 N–H and O–H groups in total. The molecule has 0 saturated carbocycles. The molecule has 1 heterocycles. The number of esters is 1. The Bertz CT molecular complexity index is 1010. The minimum absolute atomic E-state index is 0.0690. The molecule has 33 heavy (non-hydrogen) atoms. The molecular weight excluding hydrogens is 457 g/mol. The second-order valence-corrected chi connectivity index (χ2v) is 9.68. The first kappa shape index (κ1) is 25.3.